The molecule has 0 amide bonds. The first-order chi connectivity index (χ1) is 8.24. The summed E-state index contributed by atoms with van der Waals surface area (Å²) in [5.74, 6) is 6.49. The van der Waals surface area contributed by atoms with Crippen molar-refractivity contribution in [3.63, 3.8) is 0 Å². The average Bonchev–Trinajstić information content (AvgIpc) is 2.78. The van der Waals surface area contributed by atoms with Gasteiger partial charge in [0.1, 0.15) is 5.75 Å². The zero-order chi connectivity index (χ0) is 12.3. The van der Waals surface area contributed by atoms with E-state index in [1.165, 1.54) is 8.45 Å². The summed E-state index contributed by atoms with van der Waals surface area (Å²) in [7, 11) is 1.66. The number of halogens is 1. The molecular weight excluding hydrogens is 347 g/mol. The van der Waals surface area contributed by atoms with Crippen LogP contribution in [0.15, 0.2) is 35.7 Å². The number of hydrogen-bond acceptors (Lipinski definition) is 4. The fraction of sp³-hybridized carbons (Fsp3) is 0.167. The quantitative estimate of drug-likeness (QED) is 0.501. The molecule has 1 atom stereocenters. The van der Waals surface area contributed by atoms with E-state index in [-0.39, 0.29) is 6.04 Å². The lowest BCUT2D eigenvalue weighted by atomic mass is 10.0. The molecule has 17 heavy (non-hydrogen) atoms. The van der Waals surface area contributed by atoms with E-state index >= 15 is 0 Å². The minimum Gasteiger partial charge on any atom is -0.497 e. The Balaban J connectivity index is 2.28. The highest BCUT2D eigenvalue weighted by molar-refractivity contribution is 14.1. The van der Waals surface area contributed by atoms with E-state index in [4.69, 9.17) is 10.6 Å². The van der Waals surface area contributed by atoms with Gasteiger partial charge in [-0.1, -0.05) is 12.1 Å². The molecule has 0 spiro atoms. The molecule has 0 aliphatic carbocycles. The van der Waals surface area contributed by atoms with Crippen LogP contribution in [0.4, 0.5) is 0 Å². The molecule has 0 radical (unpaired) electrons. The summed E-state index contributed by atoms with van der Waals surface area (Å²) < 4.78 is 6.40. The maximum absolute atomic E-state index is 5.64. The van der Waals surface area contributed by atoms with Crippen LogP contribution in [0, 0.1) is 2.88 Å². The Hall–Kier alpha value is -0.630. The lowest BCUT2D eigenvalue weighted by Crippen LogP contribution is -2.28. The number of methoxy groups -OCH3 is 1. The summed E-state index contributed by atoms with van der Waals surface area (Å²) >= 11 is 4.03. The smallest absolute Gasteiger partial charge is 0.118 e. The van der Waals surface area contributed by atoms with Gasteiger partial charge in [0.15, 0.2) is 0 Å². The molecule has 5 heteroatoms. The molecular formula is C12H13IN2OS. The van der Waals surface area contributed by atoms with E-state index < -0.39 is 0 Å². The SMILES string of the molecule is COc1ccc(C(NN)c2csc(I)c2)cc1. The summed E-state index contributed by atoms with van der Waals surface area (Å²) in [6.45, 7) is 0. The van der Waals surface area contributed by atoms with Crippen LogP contribution >= 0.6 is 33.9 Å². The molecule has 0 aliphatic rings. The first-order valence-electron chi connectivity index (χ1n) is 5.08. The number of benzene rings is 1. The van der Waals surface area contributed by atoms with E-state index in [0.29, 0.717) is 0 Å². The third-order valence-electron chi connectivity index (χ3n) is 2.54. The maximum atomic E-state index is 5.64. The van der Waals surface area contributed by atoms with Crippen molar-refractivity contribution in [3.05, 3.63) is 49.7 Å². The Bertz CT molecular complexity index is 484. The van der Waals surface area contributed by atoms with Gasteiger partial charge < -0.3 is 4.74 Å². The predicted molar refractivity (Wildman–Crippen MR) is 79.2 cm³/mol. The summed E-state index contributed by atoms with van der Waals surface area (Å²) in [5.41, 5.74) is 5.16. The fourth-order valence-corrected chi connectivity index (χ4v) is 3.05. The minimum atomic E-state index is 0.0284. The number of hydrogen-bond donors (Lipinski definition) is 2. The molecule has 1 unspecified atom stereocenters. The van der Waals surface area contributed by atoms with Gasteiger partial charge >= 0.3 is 0 Å². The number of nitrogens with two attached hydrogens (primary N) is 1. The van der Waals surface area contributed by atoms with E-state index in [0.717, 1.165) is 11.3 Å². The summed E-state index contributed by atoms with van der Waals surface area (Å²) in [5, 5.41) is 2.12. The molecule has 1 aromatic carbocycles. The van der Waals surface area contributed by atoms with Gasteiger partial charge in [-0.2, -0.15) is 0 Å². The molecule has 3 N–H and O–H groups in total. The van der Waals surface area contributed by atoms with E-state index in [1.54, 1.807) is 18.4 Å². The third-order valence-corrected chi connectivity index (χ3v) is 4.34. The van der Waals surface area contributed by atoms with Crippen molar-refractivity contribution in [3.8, 4) is 5.75 Å². The second kappa shape index (κ2) is 5.81. The van der Waals surface area contributed by atoms with E-state index in [2.05, 4.69) is 39.5 Å². The first kappa shape index (κ1) is 12.8. The highest BCUT2D eigenvalue weighted by atomic mass is 127. The van der Waals surface area contributed by atoms with Gasteiger partial charge in [0.25, 0.3) is 0 Å². The zero-order valence-corrected chi connectivity index (χ0v) is 12.3. The van der Waals surface area contributed by atoms with Crippen LogP contribution in [0.2, 0.25) is 0 Å². The van der Waals surface area contributed by atoms with Crippen LogP contribution in [0.1, 0.15) is 17.2 Å². The van der Waals surface area contributed by atoms with Crippen molar-refractivity contribution in [2.24, 2.45) is 5.84 Å². The van der Waals surface area contributed by atoms with Crippen LogP contribution in [0.5, 0.6) is 5.75 Å². The van der Waals surface area contributed by atoms with Crippen molar-refractivity contribution in [2.75, 3.05) is 7.11 Å². The Labute approximate surface area is 118 Å². The van der Waals surface area contributed by atoms with Crippen LogP contribution in [-0.2, 0) is 0 Å². The molecule has 0 aliphatic heterocycles. The maximum Gasteiger partial charge on any atom is 0.118 e. The van der Waals surface area contributed by atoms with Crippen molar-refractivity contribution < 1.29 is 4.74 Å². The normalized spacial score (nSPS) is 12.4. The molecule has 0 saturated heterocycles. The Kier molecular flexibility index (Phi) is 4.38. The largest absolute Gasteiger partial charge is 0.497 e. The number of hydrazine groups is 1. The highest BCUT2D eigenvalue weighted by Crippen LogP contribution is 2.27. The monoisotopic (exact) mass is 360 g/mol. The third kappa shape index (κ3) is 2.98. The van der Waals surface area contributed by atoms with Crippen molar-refractivity contribution >= 4 is 33.9 Å². The predicted octanol–water partition coefficient (Wildman–Crippen LogP) is 2.91. The van der Waals surface area contributed by atoms with Gasteiger partial charge in [-0.15, -0.1) is 11.3 Å². The summed E-state index contributed by atoms with van der Waals surface area (Å²) in [6, 6.07) is 10.1. The average molecular weight is 360 g/mol. The lowest BCUT2D eigenvalue weighted by Gasteiger charge is -2.15. The summed E-state index contributed by atoms with van der Waals surface area (Å²) in [4.78, 5) is 0. The van der Waals surface area contributed by atoms with Crippen LogP contribution < -0.4 is 16.0 Å². The standard InChI is InChI=1S/C12H13IN2OS/c1-16-10-4-2-8(3-5-10)12(15-14)9-6-11(13)17-7-9/h2-7,12,15H,14H2,1H3. The topological polar surface area (TPSA) is 47.3 Å². The minimum absolute atomic E-state index is 0.0284. The molecule has 0 bridgehead atoms. The second-order valence-electron chi connectivity index (χ2n) is 3.56. The van der Waals surface area contributed by atoms with Gasteiger partial charge in [0.05, 0.1) is 16.0 Å². The molecule has 0 fully saturated rings. The Morgan fingerprint density at radius 1 is 1.29 bits per heavy atom. The Morgan fingerprint density at radius 3 is 2.47 bits per heavy atom. The van der Waals surface area contributed by atoms with Crippen molar-refractivity contribution in [2.45, 2.75) is 6.04 Å². The molecule has 0 saturated carbocycles. The van der Waals surface area contributed by atoms with Crippen LogP contribution in [-0.4, -0.2) is 7.11 Å². The van der Waals surface area contributed by atoms with E-state index in [1.807, 2.05) is 24.3 Å². The first-order valence-corrected chi connectivity index (χ1v) is 7.04. The number of thiophene rings is 1. The molecule has 1 aromatic heterocycles. The second-order valence-corrected chi connectivity index (χ2v) is 6.36. The summed E-state index contributed by atoms with van der Waals surface area (Å²) in [6.07, 6.45) is 0. The molecule has 1 heterocycles. The molecule has 2 rings (SSSR count). The number of ether oxygens (including phenoxy) is 1. The number of nitrogens with one attached hydrogen (secondary N) is 1. The van der Waals surface area contributed by atoms with Gasteiger partial charge in [-0.3, -0.25) is 5.84 Å². The van der Waals surface area contributed by atoms with Gasteiger partial charge in [-0.25, -0.2) is 5.43 Å². The van der Waals surface area contributed by atoms with Gasteiger partial charge in [0.2, 0.25) is 0 Å². The molecule has 2 aromatic rings. The molecule has 90 valence electrons. The van der Waals surface area contributed by atoms with Crippen LogP contribution in [0.25, 0.3) is 0 Å². The van der Waals surface area contributed by atoms with Gasteiger partial charge in [-0.05, 0) is 57.3 Å². The zero-order valence-electron chi connectivity index (χ0n) is 9.31. The van der Waals surface area contributed by atoms with E-state index in [9.17, 15) is 0 Å². The number of rotatable bonds is 4. The van der Waals surface area contributed by atoms with Crippen molar-refractivity contribution in [1.29, 1.82) is 0 Å². The Morgan fingerprint density at radius 2 is 2.00 bits per heavy atom. The lowest BCUT2D eigenvalue weighted by molar-refractivity contribution is 0.414. The highest BCUT2D eigenvalue weighted by Gasteiger charge is 2.13. The fourth-order valence-electron chi connectivity index (χ4n) is 1.66. The van der Waals surface area contributed by atoms with Crippen LogP contribution in [0.3, 0.4) is 0 Å². The van der Waals surface area contributed by atoms with Gasteiger partial charge in [0, 0.05) is 0 Å². The van der Waals surface area contributed by atoms with Crippen molar-refractivity contribution in [1.82, 2.24) is 5.43 Å². The molecule has 3 nitrogen and oxygen atoms in total.